The lowest BCUT2D eigenvalue weighted by Gasteiger charge is -2.36. The summed E-state index contributed by atoms with van der Waals surface area (Å²) < 4.78 is 13.9. The van der Waals surface area contributed by atoms with Crippen molar-refractivity contribution >= 4 is 23.2 Å². The number of thiazole rings is 1. The number of aromatic nitrogens is 1. The van der Waals surface area contributed by atoms with Crippen LogP contribution in [0.5, 0.6) is 0 Å². The van der Waals surface area contributed by atoms with Crippen LogP contribution in [-0.2, 0) is 4.79 Å². The summed E-state index contributed by atoms with van der Waals surface area (Å²) in [4.78, 5) is 30.1. The number of carbonyl (C=O) groups is 2. The highest BCUT2D eigenvalue weighted by Gasteiger charge is 2.33. The number of nitrogens with two attached hydrogens (primary N) is 1. The maximum Gasteiger partial charge on any atom is 0.273 e. The number of carbonyl (C=O) groups excluding carboxylic acids is 2. The van der Waals surface area contributed by atoms with Crippen LogP contribution in [0, 0.1) is 11.7 Å². The van der Waals surface area contributed by atoms with E-state index in [4.69, 9.17) is 5.73 Å². The monoisotopic (exact) mass is 347 g/mol. The van der Waals surface area contributed by atoms with E-state index >= 15 is 0 Å². The number of rotatable bonds is 3. The zero-order valence-electron chi connectivity index (χ0n) is 13.2. The second-order valence-corrected chi connectivity index (χ2v) is 6.86. The molecule has 1 aliphatic rings. The summed E-state index contributed by atoms with van der Waals surface area (Å²) in [6, 6.07) is 6.35. The minimum absolute atomic E-state index is 0.0201. The largest absolute Gasteiger partial charge is 0.369 e. The molecule has 2 amide bonds. The van der Waals surface area contributed by atoms with Crippen LogP contribution < -0.4 is 5.73 Å². The summed E-state index contributed by atoms with van der Waals surface area (Å²) in [5, 5.41) is 2.10. The zero-order valence-corrected chi connectivity index (χ0v) is 14.1. The number of hydrogen-bond donors (Lipinski definition) is 1. The summed E-state index contributed by atoms with van der Waals surface area (Å²) in [5.41, 5.74) is 6.03. The summed E-state index contributed by atoms with van der Waals surface area (Å²) in [6.45, 7) is 2.25. The first kappa shape index (κ1) is 16.6. The molecule has 0 bridgehead atoms. The van der Waals surface area contributed by atoms with Gasteiger partial charge in [-0.3, -0.25) is 9.59 Å². The van der Waals surface area contributed by atoms with E-state index in [9.17, 15) is 14.0 Å². The van der Waals surface area contributed by atoms with Gasteiger partial charge in [0.2, 0.25) is 5.91 Å². The minimum atomic E-state index is -0.384. The fraction of sp³-hybridized carbons (Fsp3) is 0.353. The van der Waals surface area contributed by atoms with Crippen LogP contribution in [0.15, 0.2) is 29.6 Å². The predicted molar refractivity (Wildman–Crippen MR) is 89.9 cm³/mol. The van der Waals surface area contributed by atoms with Crippen LogP contribution in [0.3, 0.4) is 0 Å². The third-order valence-corrected chi connectivity index (χ3v) is 5.25. The molecule has 1 saturated heterocycles. The molecule has 1 aromatic heterocycles. The van der Waals surface area contributed by atoms with Gasteiger partial charge in [0.15, 0.2) is 0 Å². The Hall–Kier alpha value is -2.28. The Balaban J connectivity index is 1.83. The molecule has 0 aliphatic carbocycles. The first-order valence-electron chi connectivity index (χ1n) is 7.78. The van der Waals surface area contributed by atoms with Gasteiger partial charge < -0.3 is 10.6 Å². The van der Waals surface area contributed by atoms with E-state index in [-0.39, 0.29) is 35.3 Å². The van der Waals surface area contributed by atoms with Crippen molar-refractivity contribution in [3.63, 3.8) is 0 Å². The molecule has 7 heteroatoms. The quantitative estimate of drug-likeness (QED) is 0.927. The van der Waals surface area contributed by atoms with Crippen LogP contribution in [-0.4, -0.2) is 34.3 Å². The molecule has 2 N–H and O–H groups in total. The molecule has 5 nitrogen and oxygen atoms in total. The van der Waals surface area contributed by atoms with Crippen molar-refractivity contribution in [1.82, 2.24) is 9.88 Å². The van der Waals surface area contributed by atoms with E-state index in [1.165, 1.54) is 17.4 Å². The molecule has 1 fully saturated rings. The smallest absolute Gasteiger partial charge is 0.273 e. The molecule has 0 saturated carbocycles. The van der Waals surface area contributed by atoms with Crippen molar-refractivity contribution in [3.8, 4) is 10.6 Å². The van der Waals surface area contributed by atoms with E-state index in [0.29, 0.717) is 23.5 Å². The molecule has 24 heavy (non-hydrogen) atoms. The zero-order chi connectivity index (χ0) is 17.3. The summed E-state index contributed by atoms with van der Waals surface area (Å²) in [7, 11) is 0. The lowest BCUT2D eigenvalue weighted by molar-refractivity contribution is -0.123. The number of benzene rings is 1. The summed E-state index contributed by atoms with van der Waals surface area (Å²) in [6.07, 6.45) is 1.42. The molecular formula is C17H18FN3O2S. The van der Waals surface area contributed by atoms with Gasteiger partial charge in [-0.25, -0.2) is 9.37 Å². The molecule has 1 aromatic carbocycles. The Morgan fingerprint density at radius 3 is 2.79 bits per heavy atom. The topological polar surface area (TPSA) is 76.3 Å². The van der Waals surface area contributed by atoms with Crippen molar-refractivity contribution < 1.29 is 14.0 Å². The standard InChI is InChI=1S/C17H18FN3O2S/c1-10-6-7-11(15(19)22)8-21(10)17(23)14-9-24-16(20-14)12-4-2-3-5-13(12)18/h2-5,9-11H,6-8H2,1H3,(H2,19,22). The SMILES string of the molecule is CC1CCC(C(N)=O)CN1C(=O)c1csc(-c2ccccc2F)n1. The number of amides is 2. The van der Waals surface area contributed by atoms with E-state index in [2.05, 4.69) is 4.98 Å². The number of likely N-dealkylation sites (tertiary alicyclic amines) is 1. The number of nitrogens with zero attached hydrogens (tertiary/aromatic N) is 2. The number of piperidine rings is 1. The Kier molecular flexibility index (Phi) is 4.62. The van der Waals surface area contributed by atoms with Gasteiger partial charge in [0.1, 0.15) is 16.5 Å². The highest BCUT2D eigenvalue weighted by molar-refractivity contribution is 7.13. The van der Waals surface area contributed by atoms with Crippen molar-refractivity contribution in [2.75, 3.05) is 6.54 Å². The Bertz CT molecular complexity index is 777. The van der Waals surface area contributed by atoms with Gasteiger partial charge in [-0.2, -0.15) is 0 Å². The molecule has 2 aromatic rings. The van der Waals surface area contributed by atoms with Crippen molar-refractivity contribution in [2.45, 2.75) is 25.8 Å². The molecular weight excluding hydrogens is 329 g/mol. The summed E-state index contributed by atoms with van der Waals surface area (Å²) in [5.74, 6) is -1.32. The Morgan fingerprint density at radius 2 is 2.08 bits per heavy atom. The van der Waals surface area contributed by atoms with Gasteiger partial charge in [-0.15, -0.1) is 11.3 Å². The van der Waals surface area contributed by atoms with Crippen molar-refractivity contribution in [3.05, 3.63) is 41.2 Å². The highest BCUT2D eigenvalue weighted by atomic mass is 32.1. The van der Waals surface area contributed by atoms with E-state index in [0.717, 1.165) is 6.42 Å². The van der Waals surface area contributed by atoms with Gasteiger partial charge in [0.25, 0.3) is 5.91 Å². The Morgan fingerprint density at radius 1 is 1.33 bits per heavy atom. The Labute approximate surface area is 143 Å². The molecule has 0 radical (unpaired) electrons. The fourth-order valence-corrected chi connectivity index (χ4v) is 3.72. The predicted octanol–water partition coefficient (Wildman–Crippen LogP) is 2.68. The van der Waals surface area contributed by atoms with E-state index in [1.54, 1.807) is 28.5 Å². The third-order valence-electron chi connectivity index (χ3n) is 4.37. The lowest BCUT2D eigenvalue weighted by Crippen LogP contribution is -2.48. The first-order chi connectivity index (χ1) is 11.5. The van der Waals surface area contributed by atoms with Gasteiger partial charge in [0, 0.05) is 23.5 Å². The van der Waals surface area contributed by atoms with Gasteiger partial charge in [0.05, 0.1) is 5.92 Å². The average Bonchev–Trinajstić information content (AvgIpc) is 3.04. The minimum Gasteiger partial charge on any atom is -0.369 e. The average molecular weight is 347 g/mol. The second kappa shape index (κ2) is 6.68. The maximum absolute atomic E-state index is 13.9. The number of hydrogen-bond acceptors (Lipinski definition) is 4. The van der Waals surface area contributed by atoms with Crippen molar-refractivity contribution in [1.29, 1.82) is 0 Å². The van der Waals surface area contributed by atoms with Crippen LogP contribution in [0.2, 0.25) is 0 Å². The molecule has 2 atom stereocenters. The lowest BCUT2D eigenvalue weighted by atomic mass is 9.93. The van der Waals surface area contributed by atoms with Crippen LogP contribution in [0.25, 0.3) is 10.6 Å². The van der Waals surface area contributed by atoms with Crippen LogP contribution in [0.1, 0.15) is 30.3 Å². The van der Waals surface area contributed by atoms with Crippen LogP contribution >= 0.6 is 11.3 Å². The van der Waals surface area contributed by atoms with Crippen LogP contribution in [0.4, 0.5) is 4.39 Å². The highest BCUT2D eigenvalue weighted by Crippen LogP contribution is 2.28. The molecule has 126 valence electrons. The van der Waals surface area contributed by atoms with Gasteiger partial charge >= 0.3 is 0 Å². The summed E-state index contributed by atoms with van der Waals surface area (Å²) >= 11 is 1.23. The fourth-order valence-electron chi connectivity index (χ4n) is 2.90. The molecule has 2 unspecified atom stereocenters. The maximum atomic E-state index is 13.9. The normalized spacial score (nSPS) is 20.8. The van der Waals surface area contributed by atoms with Gasteiger partial charge in [-0.1, -0.05) is 12.1 Å². The van der Waals surface area contributed by atoms with E-state index in [1.807, 2.05) is 6.92 Å². The molecule has 0 spiro atoms. The number of halogens is 1. The van der Waals surface area contributed by atoms with Crippen molar-refractivity contribution in [2.24, 2.45) is 11.7 Å². The molecule has 1 aliphatic heterocycles. The van der Waals surface area contributed by atoms with E-state index < -0.39 is 0 Å². The molecule has 2 heterocycles. The second-order valence-electron chi connectivity index (χ2n) is 6.00. The number of primary amides is 1. The van der Waals surface area contributed by atoms with Gasteiger partial charge in [-0.05, 0) is 31.9 Å². The third kappa shape index (κ3) is 3.17. The first-order valence-corrected chi connectivity index (χ1v) is 8.66. The molecule has 3 rings (SSSR count).